The molecule has 0 amide bonds. The topological polar surface area (TPSA) is 31.0 Å². The molecule has 3 aromatic heterocycles. The van der Waals surface area contributed by atoms with Crippen LogP contribution in [0.4, 0.5) is 0 Å². The van der Waals surface area contributed by atoms with Gasteiger partial charge in [0.2, 0.25) is 0 Å². The lowest BCUT2D eigenvalue weighted by molar-refractivity contribution is 0.663. The van der Waals surface area contributed by atoms with Gasteiger partial charge in [-0.2, -0.15) is 0 Å². The molecule has 1 atom stereocenters. The van der Waals surface area contributed by atoms with Crippen molar-refractivity contribution >= 4 is 43.7 Å². The van der Waals surface area contributed by atoms with Crippen LogP contribution in [0.1, 0.15) is 23.6 Å². The van der Waals surface area contributed by atoms with Gasteiger partial charge in [-0.1, -0.05) is 133 Å². The SMILES string of the molecule is CC1(c2ccccc2)c2ccccc2-c2cc3c(cc21)oc1cc2c(cc13)c1ccccc1n2-c1cc(-c2ccccc2)cc(-c2ccccc2)n1. The van der Waals surface area contributed by atoms with Crippen molar-refractivity contribution in [2.45, 2.75) is 12.3 Å². The van der Waals surface area contributed by atoms with Gasteiger partial charge in [0.05, 0.1) is 16.7 Å². The Bertz CT molecular complexity index is 2950. The first kappa shape index (κ1) is 29.1. The van der Waals surface area contributed by atoms with Crippen molar-refractivity contribution in [3.05, 3.63) is 193 Å². The normalized spacial score (nSPS) is 15.1. The summed E-state index contributed by atoms with van der Waals surface area (Å²) in [6.45, 7) is 2.35. The Morgan fingerprint density at radius 3 is 1.92 bits per heavy atom. The van der Waals surface area contributed by atoms with Crippen molar-refractivity contribution in [3.63, 3.8) is 0 Å². The zero-order valence-electron chi connectivity index (χ0n) is 28.5. The number of benzene rings is 7. The Morgan fingerprint density at radius 2 is 1.12 bits per heavy atom. The van der Waals surface area contributed by atoms with Gasteiger partial charge in [-0.15, -0.1) is 0 Å². The Labute approximate surface area is 301 Å². The van der Waals surface area contributed by atoms with Crippen molar-refractivity contribution in [1.29, 1.82) is 0 Å². The van der Waals surface area contributed by atoms with Gasteiger partial charge in [0.15, 0.2) is 0 Å². The zero-order valence-corrected chi connectivity index (χ0v) is 28.5. The maximum Gasteiger partial charge on any atom is 0.138 e. The Kier molecular flexibility index (Phi) is 6.09. The van der Waals surface area contributed by atoms with Crippen LogP contribution >= 0.6 is 0 Å². The fourth-order valence-electron chi connectivity index (χ4n) is 8.73. The summed E-state index contributed by atoms with van der Waals surface area (Å²) in [5.41, 5.74) is 14.4. The van der Waals surface area contributed by atoms with E-state index in [-0.39, 0.29) is 5.41 Å². The van der Waals surface area contributed by atoms with Gasteiger partial charge in [-0.3, -0.25) is 4.57 Å². The predicted molar refractivity (Wildman–Crippen MR) is 214 cm³/mol. The van der Waals surface area contributed by atoms with Gasteiger partial charge in [-0.25, -0.2) is 4.98 Å². The first-order valence-corrected chi connectivity index (χ1v) is 17.9. The van der Waals surface area contributed by atoms with Crippen molar-refractivity contribution in [3.8, 4) is 39.3 Å². The second-order valence-corrected chi connectivity index (χ2v) is 14.1. The summed E-state index contributed by atoms with van der Waals surface area (Å²) in [6, 6.07) is 63.0. The molecule has 11 rings (SSSR count). The molecule has 3 nitrogen and oxygen atoms in total. The third kappa shape index (κ3) is 4.11. The number of nitrogens with zero attached hydrogens (tertiary/aromatic N) is 2. The minimum Gasteiger partial charge on any atom is -0.456 e. The lowest BCUT2D eigenvalue weighted by Crippen LogP contribution is -2.22. The molecule has 1 aliphatic rings. The largest absolute Gasteiger partial charge is 0.456 e. The Morgan fingerprint density at radius 1 is 0.462 bits per heavy atom. The van der Waals surface area contributed by atoms with Gasteiger partial charge >= 0.3 is 0 Å². The molecule has 244 valence electrons. The van der Waals surface area contributed by atoms with E-state index in [4.69, 9.17) is 9.40 Å². The molecule has 7 aromatic carbocycles. The molecule has 0 radical (unpaired) electrons. The second-order valence-electron chi connectivity index (χ2n) is 14.1. The highest BCUT2D eigenvalue weighted by atomic mass is 16.3. The fourth-order valence-corrected chi connectivity index (χ4v) is 8.73. The summed E-state index contributed by atoms with van der Waals surface area (Å²) in [5, 5.41) is 4.62. The second kappa shape index (κ2) is 10.9. The first-order valence-electron chi connectivity index (χ1n) is 17.9. The first-order chi connectivity index (χ1) is 25.6. The molecule has 10 aromatic rings. The van der Waals surface area contributed by atoms with Crippen LogP contribution in [0.3, 0.4) is 0 Å². The quantitative estimate of drug-likeness (QED) is 0.187. The number of fused-ring (bicyclic) bond motifs is 9. The van der Waals surface area contributed by atoms with Gasteiger partial charge < -0.3 is 4.42 Å². The number of pyridine rings is 1. The molecular weight excluding hydrogens is 633 g/mol. The lowest BCUT2D eigenvalue weighted by Gasteiger charge is -2.28. The molecule has 0 saturated carbocycles. The third-order valence-electron chi connectivity index (χ3n) is 11.3. The van der Waals surface area contributed by atoms with E-state index in [1.54, 1.807) is 0 Å². The predicted octanol–water partition coefficient (Wildman–Crippen LogP) is 12.7. The van der Waals surface area contributed by atoms with Crippen molar-refractivity contribution < 1.29 is 4.42 Å². The highest BCUT2D eigenvalue weighted by Crippen LogP contribution is 2.54. The van der Waals surface area contributed by atoms with Gasteiger partial charge in [-0.05, 0) is 82.3 Å². The molecular formula is C49H32N2O. The number of rotatable bonds is 4. The van der Waals surface area contributed by atoms with Crippen LogP contribution in [0, 0.1) is 0 Å². The minimum atomic E-state index is -0.288. The maximum absolute atomic E-state index is 6.85. The maximum atomic E-state index is 6.85. The minimum absolute atomic E-state index is 0.288. The highest BCUT2D eigenvalue weighted by molar-refractivity contribution is 6.18. The summed E-state index contributed by atoms with van der Waals surface area (Å²) in [6.07, 6.45) is 0. The molecule has 0 spiro atoms. The van der Waals surface area contributed by atoms with E-state index in [0.717, 1.165) is 61.2 Å². The van der Waals surface area contributed by atoms with E-state index in [1.807, 2.05) is 6.07 Å². The average Bonchev–Trinajstić information content (AvgIpc) is 3.82. The monoisotopic (exact) mass is 664 g/mol. The molecule has 3 heterocycles. The summed E-state index contributed by atoms with van der Waals surface area (Å²) in [4.78, 5) is 5.34. The summed E-state index contributed by atoms with van der Waals surface area (Å²) in [7, 11) is 0. The van der Waals surface area contributed by atoms with Crippen LogP contribution in [0.5, 0.6) is 0 Å². The van der Waals surface area contributed by atoms with E-state index in [2.05, 4.69) is 181 Å². The van der Waals surface area contributed by atoms with Crippen LogP contribution < -0.4 is 0 Å². The average molecular weight is 665 g/mol. The fraction of sp³-hybridized carbons (Fsp3) is 0.0408. The highest BCUT2D eigenvalue weighted by Gasteiger charge is 2.41. The number of hydrogen-bond donors (Lipinski definition) is 0. The van der Waals surface area contributed by atoms with Crippen LogP contribution in [-0.4, -0.2) is 9.55 Å². The van der Waals surface area contributed by atoms with Crippen LogP contribution in [0.25, 0.3) is 83.1 Å². The van der Waals surface area contributed by atoms with E-state index in [1.165, 1.54) is 38.6 Å². The molecule has 1 aliphatic carbocycles. The summed E-state index contributed by atoms with van der Waals surface area (Å²) < 4.78 is 9.16. The number of para-hydroxylation sites is 1. The number of aromatic nitrogens is 2. The number of furan rings is 1. The molecule has 0 saturated heterocycles. The Hall–Kier alpha value is -6.71. The van der Waals surface area contributed by atoms with Crippen molar-refractivity contribution in [1.82, 2.24) is 9.55 Å². The standard InChI is InChI=1S/C49H32N2O/c1-49(34-19-9-4-10-20-34)41-23-13-11-21-35(41)37-27-39-40-28-38-36-22-12-14-24-44(36)51(45(38)30-47(40)52-46(39)29-42(37)49)48-26-33(31-15-5-2-6-16-31)25-43(50-48)32-17-7-3-8-18-32/h2-30H,1H3. The molecule has 52 heavy (non-hydrogen) atoms. The lowest BCUT2D eigenvalue weighted by atomic mass is 9.74. The van der Waals surface area contributed by atoms with Crippen molar-refractivity contribution in [2.24, 2.45) is 0 Å². The van der Waals surface area contributed by atoms with Gasteiger partial charge in [0, 0.05) is 38.6 Å². The Balaban J connectivity index is 1.18. The third-order valence-corrected chi connectivity index (χ3v) is 11.3. The van der Waals surface area contributed by atoms with Crippen LogP contribution in [-0.2, 0) is 5.41 Å². The van der Waals surface area contributed by atoms with Gasteiger partial charge in [0.1, 0.15) is 17.0 Å². The van der Waals surface area contributed by atoms with Gasteiger partial charge in [0.25, 0.3) is 0 Å². The van der Waals surface area contributed by atoms with E-state index in [0.29, 0.717) is 0 Å². The van der Waals surface area contributed by atoms with E-state index >= 15 is 0 Å². The van der Waals surface area contributed by atoms with Crippen molar-refractivity contribution in [2.75, 3.05) is 0 Å². The summed E-state index contributed by atoms with van der Waals surface area (Å²) >= 11 is 0. The molecule has 0 N–H and O–H groups in total. The van der Waals surface area contributed by atoms with Crippen LogP contribution in [0.2, 0.25) is 0 Å². The molecule has 3 heteroatoms. The molecule has 0 bridgehead atoms. The van der Waals surface area contributed by atoms with E-state index in [9.17, 15) is 0 Å². The smallest absolute Gasteiger partial charge is 0.138 e. The zero-order chi connectivity index (χ0) is 34.4. The number of hydrogen-bond acceptors (Lipinski definition) is 2. The molecule has 1 unspecified atom stereocenters. The van der Waals surface area contributed by atoms with E-state index < -0.39 is 0 Å². The van der Waals surface area contributed by atoms with Crippen LogP contribution in [0.15, 0.2) is 180 Å². The molecule has 0 fully saturated rings. The summed E-state index contributed by atoms with van der Waals surface area (Å²) in [5.74, 6) is 0.871. The molecule has 0 aliphatic heterocycles.